The summed E-state index contributed by atoms with van der Waals surface area (Å²) in [6.07, 6.45) is 1.68. The molecule has 2 aromatic carbocycles. The van der Waals surface area contributed by atoms with E-state index in [1.807, 2.05) is 18.2 Å². The number of aryl methyl sites for hydroxylation is 1. The lowest BCUT2D eigenvalue weighted by molar-refractivity contribution is 0.0953. The zero-order valence-corrected chi connectivity index (χ0v) is 16.2. The van der Waals surface area contributed by atoms with Gasteiger partial charge in [-0.25, -0.2) is 4.98 Å². The van der Waals surface area contributed by atoms with Crippen molar-refractivity contribution in [3.63, 3.8) is 0 Å². The Morgan fingerprint density at radius 2 is 2.00 bits per heavy atom. The SMILES string of the molecule is COc1cccc(C(=O)NCCCc2nc3ccccc3n2CC(C)C)c1. The molecule has 0 fully saturated rings. The van der Waals surface area contributed by atoms with Gasteiger partial charge < -0.3 is 14.6 Å². The van der Waals surface area contributed by atoms with Crippen molar-refractivity contribution in [3.8, 4) is 5.75 Å². The van der Waals surface area contributed by atoms with Crippen molar-refractivity contribution in [2.45, 2.75) is 33.2 Å². The number of imidazole rings is 1. The van der Waals surface area contributed by atoms with Crippen molar-refractivity contribution in [1.29, 1.82) is 0 Å². The Hall–Kier alpha value is -2.82. The summed E-state index contributed by atoms with van der Waals surface area (Å²) in [5, 5.41) is 2.98. The van der Waals surface area contributed by atoms with Crippen molar-refractivity contribution in [2.75, 3.05) is 13.7 Å². The van der Waals surface area contributed by atoms with Crippen LogP contribution in [-0.4, -0.2) is 29.1 Å². The summed E-state index contributed by atoms with van der Waals surface area (Å²) in [7, 11) is 1.60. The second kappa shape index (κ2) is 8.71. The lowest BCUT2D eigenvalue weighted by atomic mass is 10.2. The van der Waals surface area contributed by atoms with E-state index in [-0.39, 0.29) is 5.91 Å². The molecule has 142 valence electrons. The fourth-order valence-electron chi connectivity index (χ4n) is 3.20. The molecular weight excluding hydrogens is 338 g/mol. The molecule has 0 aliphatic rings. The largest absolute Gasteiger partial charge is 0.497 e. The van der Waals surface area contributed by atoms with E-state index >= 15 is 0 Å². The van der Waals surface area contributed by atoms with Gasteiger partial charge >= 0.3 is 0 Å². The maximum absolute atomic E-state index is 12.3. The van der Waals surface area contributed by atoms with Gasteiger partial charge in [0, 0.05) is 25.1 Å². The molecule has 0 bridgehead atoms. The van der Waals surface area contributed by atoms with Crippen LogP contribution in [0.15, 0.2) is 48.5 Å². The van der Waals surface area contributed by atoms with Crippen molar-refractivity contribution >= 4 is 16.9 Å². The minimum atomic E-state index is -0.0791. The Labute approximate surface area is 160 Å². The molecule has 0 saturated carbocycles. The first kappa shape index (κ1) is 19.0. The average molecular weight is 365 g/mol. The summed E-state index contributed by atoms with van der Waals surface area (Å²) in [4.78, 5) is 17.1. The first-order chi connectivity index (χ1) is 13.1. The molecule has 1 N–H and O–H groups in total. The Morgan fingerprint density at radius 1 is 1.19 bits per heavy atom. The molecule has 3 aromatic rings. The molecule has 5 heteroatoms. The lowest BCUT2D eigenvalue weighted by Gasteiger charge is -2.12. The molecule has 0 aliphatic heterocycles. The van der Waals surface area contributed by atoms with Crippen LogP contribution < -0.4 is 10.1 Å². The summed E-state index contributed by atoms with van der Waals surface area (Å²) >= 11 is 0. The van der Waals surface area contributed by atoms with Crippen LogP contribution >= 0.6 is 0 Å². The number of para-hydroxylation sites is 2. The predicted molar refractivity (Wildman–Crippen MR) is 108 cm³/mol. The zero-order chi connectivity index (χ0) is 19.2. The first-order valence-electron chi connectivity index (χ1n) is 9.45. The zero-order valence-electron chi connectivity index (χ0n) is 16.2. The van der Waals surface area contributed by atoms with Crippen molar-refractivity contribution < 1.29 is 9.53 Å². The average Bonchev–Trinajstić information content (AvgIpc) is 3.02. The second-order valence-electron chi connectivity index (χ2n) is 7.11. The molecule has 0 unspecified atom stereocenters. The van der Waals surface area contributed by atoms with Gasteiger partial charge in [-0.1, -0.05) is 32.0 Å². The molecule has 0 aliphatic carbocycles. The van der Waals surface area contributed by atoms with Crippen LogP contribution in [0.4, 0.5) is 0 Å². The molecule has 1 aromatic heterocycles. The van der Waals surface area contributed by atoms with Crippen LogP contribution in [0.1, 0.15) is 36.5 Å². The van der Waals surface area contributed by atoms with E-state index in [1.165, 1.54) is 5.52 Å². The highest BCUT2D eigenvalue weighted by atomic mass is 16.5. The standard InChI is InChI=1S/C22H27N3O2/c1-16(2)15-25-20-11-5-4-10-19(20)24-21(25)12-7-13-23-22(26)17-8-6-9-18(14-17)27-3/h4-6,8-11,14,16H,7,12-13,15H2,1-3H3,(H,23,26). The smallest absolute Gasteiger partial charge is 0.251 e. The number of ether oxygens (including phenoxy) is 1. The van der Waals surface area contributed by atoms with Crippen molar-refractivity contribution in [1.82, 2.24) is 14.9 Å². The van der Waals surface area contributed by atoms with E-state index in [1.54, 1.807) is 19.2 Å². The van der Waals surface area contributed by atoms with Gasteiger partial charge in [0.25, 0.3) is 5.91 Å². The summed E-state index contributed by atoms with van der Waals surface area (Å²) < 4.78 is 7.48. The number of nitrogens with zero attached hydrogens (tertiary/aromatic N) is 2. The monoisotopic (exact) mass is 365 g/mol. The van der Waals surface area contributed by atoms with Gasteiger partial charge in [-0.2, -0.15) is 0 Å². The number of carbonyl (C=O) groups excluding carboxylic acids is 1. The van der Waals surface area contributed by atoms with E-state index in [0.29, 0.717) is 23.8 Å². The van der Waals surface area contributed by atoms with E-state index < -0.39 is 0 Å². The van der Waals surface area contributed by atoms with Crippen LogP contribution in [0.3, 0.4) is 0 Å². The van der Waals surface area contributed by atoms with E-state index in [2.05, 4.69) is 41.9 Å². The van der Waals surface area contributed by atoms with Gasteiger partial charge in [0.05, 0.1) is 18.1 Å². The number of benzene rings is 2. The molecule has 0 atom stereocenters. The fraction of sp³-hybridized carbons (Fsp3) is 0.364. The molecular formula is C22H27N3O2. The quantitative estimate of drug-likeness (QED) is 0.612. The number of hydrogen-bond donors (Lipinski definition) is 1. The topological polar surface area (TPSA) is 56.1 Å². The van der Waals surface area contributed by atoms with Gasteiger partial charge in [0.1, 0.15) is 11.6 Å². The van der Waals surface area contributed by atoms with Gasteiger partial charge in [-0.05, 0) is 42.7 Å². The van der Waals surface area contributed by atoms with Crippen LogP contribution in [0.5, 0.6) is 5.75 Å². The Balaban J connectivity index is 1.61. The maximum atomic E-state index is 12.3. The lowest BCUT2D eigenvalue weighted by Crippen LogP contribution is -2.25. The molecule has 1 heterocycles. The Kier molecular flexibility index (Phi) is 6.12. The van der Waals surface area contributed by atoms with Crippen LogP contribution in [0.25, 0.3) is 11.0 Å². The number of hydrogen-bond acceptors (Lipinski definition) is 3. The normalized spacial score (nSPS) is 11.1. The number of nitrogens with one attached hydrogen (secondary N) is 1. The van der Waals surface area contributed by atoms with E-state index in [4.69, 9.17) is 9.72 Å². The number of fused-ring (bicyclic) bond motifs is 1. The van der Waals surface area contributed by atoms with E-state index in [9.17, 15) is 4.79 Å². The highest BCUT2D eigenvalue weighted by Gasteiger charge is 2.12. The number of methoxy groups -OCH3 is 1. The number of amides is 1. The molecule has 0 radical (unpaired) electrons. The second-order valence-corrected chi connectivity index (χ2v) is 7.11. The summed E-state index contributed by atoms with van der Waals surface area (Å²) in [5.41, 5.74) is 2.83. The number of rotatable bonds is 8. The summed E-state index contributed by atoms with van der Waals surface area (Å²) in [6.45, 7) is 5.99. The van der Waals surface area contributed by atoms with Crippen molar-refractivity contribution in [2.24, 2.45) is 5.92 Å². The molecule has 1 amide bonds. The third kappa shape index (κ3) is 4.67. The number of aromatic nitrogens is 2. The Morgan fingerprint density at radius 3 is 2.78 bits per heavy atom. The van der Waals surface area contributed by atoms with Gasteiger partial charge in [0.2, 0.25) is 0 Å². The molecule has 0 spiro atoms. The maximum Gasteiger partial charge on any atom is 0.251 e. The van der Waals surface area contributed by atoms with Crippen LogP contribution in [0, 0.1) is 5.92 Å². The van der Waals surface area contributed by atoms with Crippen LogP contribution in [0.2, 0.25) is 0 Å². The van der Waals surface area contributed by atoms with E-state index in [0.717, 1.165) is 30.7 Å². The van der Waals surface area contributed by atoms with Crippen molar-refractivity contribution in [3.05, 3.63) is 59.9 Å². The molecule has 5 nitrogen and oxygen atoms in total. The fourth-order valence-corrected chi connectivity index (χ4v) is 3.20. The van der Waals surface area contributed by atoms with Gasteiger partial charge in [-0.3, -0.25) is 4.79 Å². The first-order valence-corrected chi connectivity index (χ1v) is 9.45. The summed E-state index contributed by atoms with van der Waals surface area (Å²) in [5.74, 6) is 2.24. The molecule has 3 rings (SSSR count). The molecule has 27 heavy (non-hydrogen) atoms. The number of carbonyl (C=O) groups is 1. The Bertz CT molecular complexity index is 915. The van der Waals surface area contributed by atoms with Crippen LogP contribution in [-0.2, 0) is 13.0 Å². The van der Waals surface area contributed by atoms with Gasteiger partial charge in [0.15, 0.2) is 0 Å². The minimum Gasteiger partial charge on any atom is -0.497 e. The minimum absolute atomic E-state index is 0.0791. The predicted octanol–water partition coefficient (Wildman–Crippen LogP) is 4.06. The third-order valence-electron chi connectivity index (χ3n) is 4.48. The highest BCUT2D eigenvalue weighted by Crippen LogP contribution is 2.19. The highest BCUT2D eigenvalue weighted by molar-refractivity contribution is 5.94. The van der Waals surface area contributed by atoms with Gasteiger partial charge in [-0.15, -0.1) is 0 Å². The summed E-state index contributed by atoms with van der Waals surface area (Å²) in [6, 6.07) is 15.4. The third-order valence-corrected chi connectivity index (χ3v) is 4.48. The molecule has 0 saturated heterocycles.